The minimum atomic E-state index is -0.589. The standard InChI is InChI=1S/C21H20ClNO3/c1-13-10-15(14-4-6-16(22)7-5-14)11-20-17(13)12-18(21(25)26-20)19(24)8-9-23(2)3/h4-7,10-12H,8-9H2,1-3H3. The number of rotatable bonds is 5. The highest BCUT2D eigenvalue weighted by atomic mass is 35.5. The average molecular weight is 370 g/mol. The Morgan fingerprint density at radius 1 is 1.08 bits per heavy atom. The smallest absolute Gasteiger partial charge is 0.347 e. The number of aryl methyl sites for hydroxylation is 1. The normalized spacial score (nSPS) is 11.3. The largest absolute Gasteiger partial charge is 0.422 e. The van der Waals surface area contributed by atoms with E-state index in [-0.39, 0.29) is 17.8 Å². The van der Waals surface area contributed by atoms with Crippen molar-refractivity contribution in [3.63, 3.8) is 0 Å². The molecule has 0 fully saturated rings. The molecule has 2 aromatic carbocycles. The van der Waals surface area contributed by atoms with Crippen LogP contribution in [0, 0.1) is 6.92 Å². The van der Waals surface area contributed by atoms with Crippen molar-refractivity contribution in [3.05, 3.63) is 69.0 Å². The van der Waals surface area contributed by atoms with Crippen LogP contribution in [0.2, 0.25) is 5.02 Å². The molecule has 0 atom stereocenters. The first-order valence-corrected chi connectivity index (χ1v) is 8.75. The molecule has 0 unspecified atom stereocenters. The third-order valence-corrected chi connectivity index (χ3v) is 4.58. The molecule has 0 saturated carbocycles. The molecule has 0 saturated heterocycles. The van der Waals surface area contributed by atoms with Crippen molar-refractivity contribution in [2.45, 2.75) is 13.3 Å². The van der Waals surface area contributed by atoms with Crippen LogP contribution in [0.1, 0.15) is 22.3 Å². The summed E-state index contributed by atoms with van der Waals surface area (Å²) < 4.78 is 5.47. The van der Waals surface area contributed by atoms with Crippen molar-refractivity contribution >= 4 is 28.4 Å². The number of benzene rings is 2. The van der Waals surface area contributed by atoms with E-state index in [1.54, 1.807) is 6.07 Å². The van der Waals surface area contributed by atoms with Gasteiger partial charge >= 0.3 is 5.63 Å². The van der Waals surface area contributed by atoms with E-state index in [0.717, 1.165) is 22.1 Å². The molecule has 0 radical (unpaired) electrons. The predicted molar refractivity (Wildman–Crippen MR) is 105 cm³/mol. The zero-order valence-electron chi connectivity index (χ0n) is 15.0. The summed E-state index contributed by atoms with van der Waals surface area (Å²) in [5.74, 6) is -0.199. The Kier molecular flexibility index (Phi) is 5.25. The molecule has 1 heterocycles. The summed E-state index contributed by atoms with van der Waals surface area (Å²) in [6.45, 7) is 2.53. The molecule has 1 aromatic heterocycles. The van der Waals surface area contributed by atoms with E-state index >= 15 is 0 Å². The van der Waals surface area contributed by atoms with Gasteiger partial charge in [-0.15, -0.1) is 0 Å². The number of carbonyl (C=O) groups is 1. The fourth-order valence-electron chi connectivity index (χ4n) is 2.86. The van der Waals surface area contributed by atoms with Gasteiger partial charge in [-0.3, -0.25) is 4.79 Å². The van der Waals surface area contributed by atoms with Crippen LogP contribution in [0.25, 0.3) is 22.1 Å². The summed E-state index contributed by atoms with van der Waals surface area (Å²) >= 11 is 5.94. The van der Waals surface area contributed by atoms with Gasteiger partial charge in [0.15, 0.2) is 5.78 Å². The molecule has 134 valence electrons. The van der Waals surface area contributed by atoms with Crippen LogP contribution >= 0.6 is 11.6 Å². The molecule has 0 amide bonds. The second kappa shape index (κ2) is 7.44. The van der Waals surface area contributed by atoms with Gasteiger partial charge in [-0.2, -0.15) is 0 Å². The first kappa shape index (κ1) is 18.4. The number of Topliss-reactive ketones (excluding diaryl/α,β-unsaturated/α-hetero) is 1. The van der Waals surface area contributed by atoms with Gasteiger partial charge in [0, 0.05) is 23.4 Å². The van der Waals surface area contributed by atoms with Gasteiger partial charge in [0.05, 0.1) is 0 Å². The van der Waals surface area contributed by atoms with Gasteiger partial charge in [0.1, 0.15) is 11.1 Å². The van der Waals surface area contributed by atoms with E-state index in [2.05, 4.69) is 0 Å². The maximum Gasteiger partial charge on any atom is 0.347 e. The highest BCUT2D eigenvalue weighted by Gasteiger charge is 2.15. The Morgan fingerprint density at radius 3 is 2.42 bits per heavy atom. The van der Waals surface area contributed by atoms with Crippen molar-refractivity contribution in [2.24, 2.45) is 0 Å². The van der Waals surface area contributed by atoms with Gasteiger partial charge in [-0.05, 0) is 62.0 Å². The summed E-state index contributed by atoms with van der Waals surface area (Å²) in [7, 11) is 3.77. The summed E-state index contributed by atoms with van der Waals surface area (Å²) in [5.41, 5.74) is 2.85. The number of carbonyl (C=O) groups excluding carboxylic acids is 1. The Balaban J connectivity index is 2.05. The van der Waals surface area contributed by atoms with E-state index in [1.165, 1.54) is 0 Å². The predicted octanol–water partition coefficient (Wildman–Crippen LogP) is 4.56. The number of hydrogen-bond acceptors (Lipinski definition) is 4. The van der Waals surface area contributed by atoms with Gasteiger partial charge in [0.25, 0.3) is 0 Å². The molecule has 4 nitrogen and oxygen atoms in total. The average Bonchev–Trinajstić information content (AvgIpc) is 2.59. The maximum absolute atomic E-state index is 12.3. The first-order valence-electron chi connectivity index (χ1n) is 8.37. The molecule has 0 N–H and O–H groups in total. The summed E-state index contributed by atoms with van der Waals surface area (Å²) in [6, 6.07) is 13.0. The van der Waals surface area contributed by atoms with Crippen LogP contribution < -0.4 is 5.63 Å². The Morgan fingerprint density at radius 2 is 1.77 bits per heavy atom. The molecule has 0 aliphatic carbocycles. The zero-order valence-corrected chi connectivity index (χ0v) is 15.8. The number of hydrogen-bond donors (Lipinski definition) is 0. The molecule has 0 aliphatic heterocycles. The van der Waals surface area contributed by atoms with Crippen molar-refractivity contribution in [3.8, 4) is 11.1 Å². The summed E-state index contributed by atoms with van der Waals surface area (Å²) in [5, 5.41) is 1.44. The number of halogens is 1. The fraction of sp³-hybridized carbons (Fsp3) is 0.238. The zero-order chi connectivity index (χ0) is 18.8. The molecule has 0 aliphatic rings. The van der Waals surface area contributed by atoms with Gasteiger partial charge < -0.3 is 9.32 Å². The van der Waals surface area contributed by atoms with E-state index in [1.807, 2.05) is 62.3 Å². The van der Waals surface area contributed by atoms with Crippen LogP contribution in [0.15, 0.2) is 51.7 Å². The minimum Gasteiger partial charge on any atom is -0.422 e. The summed E-state index contributed by atoms with van der Waals surface area (Å²) in [4.78, 5) is 26.6. The van der Waals surface area contributed by atoms with Crippen LogP contribution in [0.4, 0.5) is 0 Å². The van der Waals surface area contributed by atoms with Crippen molar-refractivity contribution in [1.29, 1.82) is 0 Å². The van der Waals surface area contributed by atoms with Gasteiger partial charge in [-0.1, -0.05) is 29.8 Å². The molecule has 0 bridgehead atoms. The lowest BCUT2D eigenvalue weighted by molar-refractivity contribution is 0.0969. The SMILES string of the molecule is Cc1cc(-c2ccc(Cl)cc2)cc2oc(=O)c(C(=O)CCN(C)C)cc12. The molecule has 5 heteroatoms. The van der Waals surface area contributed by atoms with E-state index < -0.39 is 5.63 Å². The fourth-order valence-corrected chi connectivity index (χ4v) is 2.98. The van der Waals surface area contributed by atoms with Gasteiger partial charge in [-0.25, -0.2) is 4.79 Å². The molecular weight excluding hydrogens is 350 g/mol. The van der Waals surface area contributed by atoms with Crippen LogP contribution in [-0.2, 0) is 0 Å². The monoisotopic (exact) mass is 369 g/mol. The number of ketones is 1. The van der Waals surface area contributed by atoms with Crippen molar-refractivity contribution in [2.75, 3.05) is 20.6 Å². The lowest BCUT2D eigenvalue weighted by atomic mass is 9.99. The first-order chi connectivity index (χ1) is 12.3. The molecule has 3 aromatic rings. The van der Waals surface area contributed by atoms with Crippen molar-refractivity contribution < 1.29 is 9.21 Å². The van der Waals surface area contributed by atoms with E-state index in [0.29, 0.717) is 17.2 Å². The van der Waals surface area contributed by atoms with Crippen LogP contribution in [0.3, 0.4) is 0 Å². The molecule has 26 heavy (non-hydrogen) atoms. The lowest BCUT2D eigenvalue weighted by Gasteiger charge is -2.10. The summed E-state index contributed by atoms with van der Waals surface area (Å²) in [6.07, 6.45) is 0.283. The topological polar surface area (TPSA) is 50.5 Å². The second-order valence-corrected chi connectivity index (χ2v) is 7.07. The van der Waals surface area contributed by atoms with Gasteiger partial charge in [0.2, 0.25) is 0 Å². The number of fused-ring (bicyclic) bond motifs is 1. The molecule has 0 spiro atoms. The maximum atomic E-state index is 12.3. The third-order valence-electron chi connectivity index (χ3n) is 4.32. The highest BCUT2D eigenvalue weighted by molar-refractivity contribution is 6.30. The van der Waals surface area contributed by atoms with Crippen molar-refractivity contribution in [1.82, 2.24) is 4.90 Å². The lowest BCUT2D eigenvalue weighted by Crippen LogP contribution is -2.20. The van der Waals surface area contributed by atoms with Crippen LogP contribution in [-0.4, -0.2) is 31.3 Å². The second-order valence-electron chi connectivity index (χ2n) is 6.64. The van der Waals surface area contributed by atoms with Crippen LogP contribution in [0.5, 0.6) is 0 Å². The number of nitrogens with zero attached hydrogens (tertiary/aromatic N) is 1. The van der Waals surface area contributed by atoms with E-state index in [4.69, 9.17) is 16.0 Å². The Hall–Kier alpha value is -2.43. The van der Waals surface area contributed by atoms with E-state index in [9.17, 15) is 9.59 Å². The quantitative estimate of drug-likeness (QED) is 0.488. The molecule has 3 rings (SSSR count). The minimum absolute atomic E-state index is 0.113. The Labute approximate surface area is 157 Å². The molecular formula is C21H20ClNO3. The third kappa shape index (κ3) is 3.87. The highest BCUT2D eigenvalue weighted by Crippen LogP contribution is 2.28. The Bertz CT molecular complexity index is 1020.